The second-order valence-corrected chi connectivity index (χ2v) is 8.14. The number of carbonyl (C=O) groups is 2. The summed E-state index contributed by atoms with van der Waals surface area (Å²) in [5, 5.41) is 7.02. The van der Waals surface area contributed by atoms with Gasteiger partial charge in [0, 0.05) is 31.6 Å². The van der Waals surface area contributed by atoms with Crippen molar-refractivity contribution in [3.8, 4) is 0 Å². The Morgan fingerprint density at radius 1 is 1.22 bits per heavy atom. The van der Waals surface area contributed by atoms with Crippen LogP contribution in [-0.2, 0) is 11.3 Å². The van der Waals surface area contributed by atoms with Crippen LogP contribution < -0.4 is 10.2 Å². The van der Waals surface area contributed by atoms with Crippen LogP contribution in [0.2, 0.25) is 0 Å². The zero-order valence-electron chi connectivity index (χ0n) is 15.4. The van der Waals surface area contributed by atoms with Crippen molar-refractivity contribution in [1.82, 2.24) is 15.1 Å². The molecule has 142 valence electrons. The summed E-state index contributed by atoms with van der Waals surface area (Å²) in [4.78, 5) is 31.0. The Bertz CT molecular complexity index is 811. The Balaban J connectivity index is 1.42. The maximum Gasteiger partial charge on any atom is 0.317 e. The highest BCUT2D eigenvalue weighted by atomic mass is 32.1. The maximum absolute atomic E-state index is 12.6. The molecule has 2 saturated heterocycles. The van der Waals surface area contributed by atoms with Gasteiger partial charge < -0.3 is 15.1 Å². The number of piperazine rings is 1. The lowest BCUT2D eigenvalue weighted by molar-refractivity contribution is -0.123. The number of thiophene rings is 1. The highest BCUT2D eigenvalue weighted by Gasteiger charge is 2.48. The molecule has 1 aromatic carbocycles. The summed E-state index contributed by atoms with van der Waals surface area (Å²) in [5.74, 6) is 0.119. The molecule has 1 atom stereocenters. The number of amides is 3. The van der Waals surface area contributed by atoms with Crippen LogP contribution in [0.3, 0.4) is 0 Å². The highest BCUT2D eigenvalue weighted by molar-refractivity contribution is 7.08. The molecule has 1 unspecified atom stereocenters. The lowest BCUT2D eigenvalue weighted by Gasteiger charge is -2.46. The first-order chi connectivity index (χ1) is 13.1. The molecule has 7 heteroatoms. The van der Waals surface area contributed by atoms with E-state index in [1.165, 1.54) is 0 Å². The lowest BCUT2D eigenvalue weighted by atomic mass is 9.93. The Kier molecular flexibility index (Phi) is 4.88. The number of hydrogen-bond donors (Lipinski definition) is 1. The monoisotopic (exact) mass is 384 g/mol. The van der Waals surface area contributed by atoms with Crippen LogP contribution >= 0.6 is 11.3 Å². The molecule has 4 rings (SSSR count). The summed E-state index contributed by atoms with van der Waals surface area (Å²) in [6.45, 7) is 2.88. The van der Waals surface area contributed by atoms with Gasteiger partial charge in [-0.25, -0.2) is 4.79 Å². The van der Waals surface area contributed by atoms with Gasteiger partial charge in [-0.15, -0.1) is 0 Å². The van der Waals surface area contributed by atoms with Crippen molar-refractivity contribution in [3.63, 3.8) is 0 Å². The van der Waals surface area contributed by atoms with Gasteiger partial charge in [-0.05, 0) is 30.5 Å². The topological polar surface area (TPSA) is 55.9 Å². The molecule has 1 N–H and O–H groups in total. The van der Waals surface area contributed by atoms with Crippen LogP contribution in [0.25, 0.3) is 0 Å². The van der Waals surface area contributed by atoms with E-state index in [4.69, 9.17) is 0 Å². The lowest BCUT2D eigenvalue weighted by Crippen LogP contribution is -2.64. The quantitative estimate of drug-likeness (QED) is 0.884. The number of likely N-dealkylation sites (tertiary alicyclic amines) is 1. The molecule has 1 spiro atoms. The Hall–Kier alpha value is -2.38. The average Bonchev–Trinajstić information content (AvgIpc) is 3.35. The van der Waals surface area contributed by atoms with Gasteiger partial charge in [0.25, 0.3) is 0 Å². The normalized spacial score (nSPS) is 23.2. The molecule has 0 aliphatic carbocycles. The first kappa shape index (κ1) is 18.0. The molecular formula is C20H24N4O2S. The summed E-state index contributed by atoms with van der Waals surface area (Å²) in [6, 6.07) is 11.9. The third-order valence-corrected chi connectivity index (χ3v) is 6.33. The SMILES string of the molecule is CN1CC(=O)N(c2ccsc2)CC12CCN(C(=O)NCc1ccccc1)C2. The molecular weight excluding hydrogens is 360 g/mol. The number of carbonyl (C=O) groups excluding carboxylic acids is 2. The van der Waals surface area contributed by atoms with Crippen LogP contribution in [-0.4, -0.2) is 60.5 Å². The van der Waals surface area contributed by atoms with E-state index < -0.39 is 0 Å². The van der Waals surface area contributed by atoms with E-state index in [9.17, 15) is 9.59 Å². The van der Waals surface area contributed by atoms with Crippen LogP contribution in [0.5, 0.6) is 0 Å². The van der Waals surface area contributed by atoms with Gasteiger partial charge in [-0.1, -0.05) is 30.3 Å². The van der Waals surface area contributed by atoms with Crippen molar-refractivity contribution in [1.29, 1.82) is 0 Å². The molecule has 2 aromatic rings. The number of rotatable bonds is 3. The molecule has 0 bridgehead atoms. The van der Waals surface area contributed by atoms with Gasteiger partial charge in [0.15, 0.2) is 0 Å². The van der Waals surface area contributed by atoms with Crippen LogP contribution in [0.1, 0.15) is 12.0 Å². The first-order valence-corrected chi connectivity index (χ1v) is 10.1. The smallest absolute Gasteiger partial charge is 0.317 e. The molecule has 0 saturated carbocycles. The number of anilines is 1. The molecule has 1 aromatic heterocycles. The fourth-order valence-electron chi connectivity index (χ4n) is 3.96. The first-order valence-electron chi connectivity index (χ1n) is 9.18. The van der Waals surface area contributed by atoms with Gasteiger partial charge >= 0.3 is 6.03 Å². The molecule has 2 fully saturated rings. The van der Waals surface area contributed by atoms with Crippen molar-refractivity contribution in [2.45, 2.75) is 18.5 Å². The second kappa shape index (κ2) is 7.32. The summed E-state index contributed by atoms with van der Waals surface area (Å²) in [7, 11) is 1.99. The summed E-state index contributed by atoms with van der Waals surface area (Å²) in [6.07, 6.45) is 0.871. The Labute approximate surface area is 163 Å². The molecule has 2 aliphatic heterocycles. The number of likely N-dealkylation sites (N-methyl/N-ethyl adjacent to an activating group) is 1. The maximum atomic E-state index is 12.6. The molecule has 0 radical (unpaired) electrons. The summed E-state index contributed by atoms with van der Waals surface area (Å²) >= 11 is 1.59. The van der Waals surface area contributed by atoms with Crippen molar-refractivity contribution in [2.24, 2.45) is 0 Å². The third-order valence-electron chi connectivity index (χ3n) is 5.66. The van der Waals surface area contributed by atoms with Crippen LogP contribution in [0.15, 0.2) is 47.2 Å². The molecule has 3 amide bonds. The van der Waals surface area contributed by atoms with Gasteiger partial charge in [0.1, 0.15) is 0 Å². The Morgan fingerprint density at radius 3 is 2.78 bits per heavy atom. The van der Waals surface area contributed by atoms with E-state index in [2.05, 4.69) is 10.2 Å². The number of benzene rings is 1. The minimum Gasteiger partial charge on any atom is -0.334 e. The highest BCUT2D eigenvalue weighted by Crippen LogP contribution is 2.34. The molecule has 27 heavy (non-hydrogen) atoms. The van der Waals surface area contributed by atoms with E-state index >= 15 is 0 Å². The fourth-order valence-corrected chi connectivity index (χ4v) is 4.60. The number of hydrogen-bond acceptors (Lipinski definition) is 4. The standard InChI is InChI=1S/C20H24N4O2S/c1-22-12-18(25)24(17-7-10-27-13-17)15-20(22)8-9-23(14-20)19(26)21-11-16-5-3-2-4-6-16/h2-7,10,13H,8-9,11-12,14-15H2,1H3,(H,21,26). The largest absolute Gasteiger partial charge is 0.334 e. The van der Waals surface area contributed by atoms with Crippen LogP contribution in [0, 0.1) is 0 Å². The number of urea groups is 1. The minimum atomic E-state index is -0.181. The van der Waals surface area contributed by atoms with Crippen LogP contribution in [0.4, 0.5) is 10.5 Å². The van der Waals surface area contributed by atoms with Crippen molar-refractivity contribution < 1.29 is 9.59 Å². The zero-order valence-corrected chi connectivity index (χ0v) is 16.2. The van der Waals surface area contributed by atoms with Crippen molar-refractivity contribution in [3.05, 3.63) is 52.7 Å². The second-order valence-electron chi connectivity index (χ2n) is 7.36. The summed E-state index contributed by atoms with van der Waals surface area (Å²) in [5.41, 5.74) is 1.87. The van der Waals surface area contributed by atoms with Crippen molar-refractivity contribution >= 4 is 29.0 Å². The van der Waals surface area contributed by atoms with E-state index in [1.54, 1.807) is 11.3 Å². The van der Waals surface area contributed by atoms with E-state index in [0.29, 0.717) is 32.7 Å². The van der Waals surface area contributed by atoms with E-state index in [-0.39, 0.29) is 17.5 Å². The zero-order chi connectivity index (χ0) is 18.9. The molecule has 2 aliphatic rings. The van der Waals surface area contributed by atoms with Gasteiger partial charge in [0.05, 0.1) is 17.8 Å². The average molecular weight is 385 g/mol. The summed E-state index contributed by atoms with van der Waals surface area (Å²) < 4.78 is 0. The van der Waals surface area contributed by atoms with Gasteiger partial charge in [-0.2, -0.15) is 11.3 Å². The van der Waals surface area contributed by atoms with Gasteiger partial charge in [0.2, 0.25) is 5.91 Å². The van der Waals surface area contributed by atoms with E-state index in [1.807, 2.05) is 64.0 Å². The third kappa shape index (κ3) is 3.57. The fraction of sp³-hybridized carbons (Fsp3) is 0.400. The number of nitrogens with zero attached hydrogens (tertiary/aromatic N) is 3. The van der Waals surface area contributed by atoms with Crippen molar-refractivity contribution in [2.75, 3.05) is 38.1 Å². The number of nitrogens with one attached hydrogen (secondary N) is 1. The van der Waals surface area contributed by atoms with E-state index in [0.717, 1.165) is 17.7 Å². The van der Waals surface area contributed by atoms with Gasteiger partial charge in [-0.3, -0.25) is 9.69 Å². The molecule has 3 heterocycles. The molecule has 6 nitrogen and oxygen atoms in total. The Morgan fingerprint density at radius 2 is 2.04 bits per heavy atom. The predicted octanol–water partition coefficient (Wildman–Crippen LogP) is 2.38. The predicted molar refractivity (Wildman–Crippen MR) is 107 cm³/mol. The minimum absolute atomic E-state index is 0.0388.